The van der Waals surface area contributed by atoms with Gasteiger partial charge in [0.1, 0.15) is 24.6 Å². The van der Waals surface area contributed by atoms with Crippen molar-refractivity contribution in [1.29, 1.82) is 0 Å². The number of aryl methyl sites for hydroxylation is 1. The van der Waals surface area contributed by atoms with Crippen molar-refractivity contribution in [2.75, 3.05) is 19.5 Å². The van der Waals surface area contributed by atoms with E-state index in [1.165, 1.54) is 0 Å². The third kappa shape index (κ3) is 2.72. The van der Waals surface area contributed by atoms with Gasteiger partial charge in [-0.05, 0) is 19.9 Å². The predicted octanol–water partition coefficient (Wildman–Crippen LogP) is 1.03. The minimum atomic E-state index is -0.307. The molecule has 0 aliphatic carbocycles. The summed E-state index contributed by atoms with van der Waals surface area (Å²) in [5.74, 6) is 0.562. The summed E-state index contributed by atoms with van der Waals surface area (Å²) < 4.78 is 11.8. The van der Waals surface area contributed by atoms with Crippen molar-refractivity contribution >= 4 is 22.8 Å². The van der Waals surface area contributed by atoms with Gasteiger partial charge in [-0.1, -0.05) is 0 Å². The molecule has 7 nitrogen and oxygen atoms in total. The van der Waals surface area contributed by atoms with E-state index in [-0.39, 0.29) is 19.1 Å². The third-order valence-electron chi connectivity index (χ3n) is 2.90. The Labute approximate surface area is 116 Å². The van der Waals surface area contributed by atoms with Crippen LogP contribution < -0.4 is 5.73 Å². The Morgan fingerprint density at radius 3 is 2.85 bits per heavy atom. The summed E-state index contributed by atoms with van der Waals surface area (Å²) >= 11 is 0. The summed E-state index contributed by atoms with van der Waals surface area (Å²) in [6.07, 6.45) is 0. The minimum absolute atomic E-state index is 0.103. The largest absolute Gasteiger partial charge is 0.465 e. The third-order valence-corrected chi connectivity index (χ3v) is 2.90. The van der Waals surface area contributed by atoms with Crippen LogP contribution in [0.1, 0.15) is 18.4 Å². The Morgan fingerprint density at radius 2 is 2.20 bits per heavy atom. The van der Waals surface area contributed by atoms with Crippen LogP contribution in [0.4, 0.5) is 5.82 Å². The molecule has 0 radical (unpaired) electrons. The van der Waals surface area contributed by atoms with Crippen molar-refractivity contribution in [2.24, 2.45) is 0 Å². The molecular weight excluding hydrogens is 260 g/mol. The highest BCUT2D eigenvalue weighted by molar-refractivity contribution is 5.88. The number of anilines is 1. The number of nitrogens with two attached hydrogens (primary N) is 1. The van der Waals surface area contributed by atoms with Gasteiger partial charge in [0.05, 0.1) is 12.0 Å². The first-order valence-electron chi connectivity index (χ1n) is 6.33. The molecule has 108 valence electrons. The minimum Gasteiger partial charge on any atom is -0.465 e. The maximum atomic E-state index is 11.7. The monoisotopic (exact) mass is 278 g/mol. The van der Waals surface area contributed by atoms with Gasteiger partial charge in [0.15, 0.2) is 5.82 Å². The standard InChI is InChI=1S/C13H18N4O3/c1-4-20-11(18)6-17-8(2)5-9-12(14)15-10(7-19-3)16-13(9)17/h5H,4,6-7H2,1-3H3,(H2,14,15,16). The molecule has 0 fully saturated rings. The van der Waals surface area contributed by atoms with Crippen LogP contribution in [0.5, 0.6) is 0 Å². The maximum Gasteiger partial charge on any atom is 0.326 e. The topological polar surface area (TPSA) is 92.3 Å². The zero-order valence-electron chi connectivity index (χ0n) is 11.8. The summed E-state index contributed by atoms with van der Waals surface area (Å²) in [5, 5.41) is 0.728. The smallest absolute Gasteiger partial charge is 0.326 e. The second-order valence-electron chi connectivity index (χ2n) is 4.37. The zero-order chi connectivity index (χ0) is 14.7. The van der Waals surface area contributed by atoms with Crippen LogP contribution in [-0.2, 0) is 27.4 Å². The van der Waals surface area contributed by atoms with Gasteiger partial charge < -0.3 is 19.8 Å². The first-order chi connectivity index (χ1) is 9.56. The summed E-state index contributed by atoms with van der Waals surface area (Å²) in [5.41, 5.74) is 7.42. The molecule has 0 aliphatic heterocycles. The van der Waals surface area contributed by atoms with Crippen molar-refractivity contribution in [3.05, 3.63) is 17.6 Å². The highest BCUT2D eigenvalue weighted by Gasteiger charge is 2.15. The number of rotatable bonds is 5. The number of hydrogen-bond acceptors (Lipinski definition) is 6. The number of carbonyl (C=O) groups excluding carboxylic acids is 1. The van der Waals surface area contributed by atoms with Gasteiger partial charge in [0, 0.05) is 12.8 Å². The lowest BCUT2D eigenvalue weighted by Gasteiger charge is -2.08. The fourth-order valence-electron chi connectivity index (χ4n) is 2.05. The van der Waals surface area contributed by atoms with Crippen LogP contribution in [0, 0.1) is 6.92 Å². The molecule has 7 heteroatoms. The highest BCUT2D eigenvalue weighted by Crippen LogP contribution is 2.22. The molecule has 0 atom stereocenters. The number of aromatic nitrogens is 3. The molecule has 0 amide bonds. The van der Waals surface area contributed by atoms with Crippen molar-refractivity contribution in [2.45, 2.75) is 27.0 Å². The van der Waals surface area contributed by atoms with Crippen LogP contribution in [0.25, 0.3) is 11.0 Å². The second kappa shape index (κ2) is 5.87. The molecule has 0 aliphatic rings. The molecule has 20 heavy (non-hydrogen) atoms. The lowest BCUT2D eigenvalue weighted by atomic mass is 10.3. The van der Waals surface area contributed by atoms with Gasteiger partial charge in [-0.3, -0.25) is 4.79 Å². The molecule has 0 saturated heterocycles. The number of hydrogen-bond donors (Lipinski definition) is 1. The Balaban J connectivity index is 2.47. The van der Waals surface area contributed by atoms with E-state index in [1.807, 2.05) is 13.0 Å². The van der Waals surface area contributed by atoms with E-state index in [2.05, 4.69) is 9.97 Å². The molecule has 2 heterocycles. The Hall–Kier alpha value is -2.15. The second-order valence-corrected chi connectivity index (χ2v) is 4.37. The predicted molar refractivity (Wildman–Crippen MR) is 74.0 cm³/mol. The molecule has 0 aromatic carbocycles. The summed E-state index contributed by atoms with van der Waals surface area (Å²) in [7, 11) is 1.56. The Morgan fingerprint density at radius 1 is 1.45 bits per heavy atom. The first-order valence-corrected chi connectivity index (χ1v) is 6.33. The van der Waals surface area contributed by atoms with E-state index in [4.69, 9.17) is 15.2 Å². The molecule has 2 rings (SSSR count). The van der Waals surface area contributed by atoms with E-state index >= 15 is 0 Å². The molecule has 2 aromatic rings. The van der Waals surface area contributed by atoms with E-state index < -0.39 is 0 Å². The van der Waals surface area contributed by atoms with E-state index in [9.17, 15) is 4.79 Å². The number of ether oxygens (including phenoxy) is 2. The van der Waals surface area contributed by atoms with Crippen molar-refractivity contribution in [1.82, 2.24) is 14.5 Å². The van der Waals surface area contributed by atoms with Gasteiger partial charge in [-0.15, -0.1) is 0 Å². The van der Waals surface area contributed by atoms with Gasteiger partial charge in [-0.25, -0.2) is 9.97 Å². The average Bonchev–Trinajstić information content (AvgIpc) is 2.68. The van der Waals surface area contributed by atoms with Crippen LogP contribution in [-0.4, -0.2) is 34.2 Å². The molecule has 0 unspecified atom stereocenters. The van der Waals surface area contributed by atoms with Gasteiger partial charge in [-0.2, -0.15) is 0 Å². The quantitative estimate of drug-likeness (QED) is 0.821. The molecule has 0 saturated carbocycles. The fraction of sp³-hybridized carbons (Fsp3) is 0.462. The number of methoxy groups -OCH3 is 1. The lowest BCUT2D eigenvalue weighted by molar-refractivity contribution is -0.143. The number of nitrogen functional groups attached to an aromatic ring is 1. The number of esters is 1. The molecule has 2 N–H and O–H groups in total. The molecule has 0 spiro atoms. The number of carbonyl (C=O) groups is 1. The average molecular weight is 278 g/mol. The van der Waals surface area contributed by atoms with E-state index in [0.717, 1.165) is 11.1 Å². The van der Waals surface area contributed by atoms with Crippen molar-refractivity contribution in [3.63, 3.8) is 0 Å². The van der Waals surface area contributed by atoms with Crippen LogP contribution in [0.2, 0.25) is 0 Å². The summed E-state index contributed by atoms with van der Waals surface area (Å²) in [6.45, 7) is 4.38. The first kappa shape index (κ1) is 14.3. The van der Waals surface area contributed by atoms with Crippen molar-refractivity contribution in [3.8, 4) is 0 Å². The summed E-state index contributed by atoms with van der Waals surface area (Å²) in [4.78, 5) is 20.2. The Bertz CT molecular complexity index is 636. The SMILES string of the molecule is CCOC(=O)Cn1c(C)cc2c(N)nc(COC)nc21. The van der Waals surface area contributed by atoms with Crippen LogP contribution in [0.15, 0.2) is 6.07 Å². The maximum absolute atomic E-state index is 11.7. The van der Waals surface area contributed by atoms with E-state index in [1.54, 1.807) is 18.6 Å². The van der Waals surface area contributed by atoms with Crippen molar-refractivity contribution < 1.29 is 14.3 Å². The molecular formula is C13H18N4O3. The normalized spacial score (nSPS) is 10.9. The van der Waals surface area contributed by atoms with Gasteiger partial charge >= 0.3 is 5.97 Å². The highest BCUT2D eigenvalue weighted by atomic mass is 16.5. The Kier molecular flexibility index (Phi) is 4.19. The van der Waals surface area contributed by atoms with Crippen LogP contribution >= 0.6 is 0 Å². The van der Waals surface area contributed by atoms with Crippen LogP contribution in [0.3, 0.4) is 0 Å². The fourth-order valence-corrected chi connectivity index (χ4v) is 2.05. The van der Waals surface area contributed by atoms with Gasteiger partial charge in [0.25, 0.3) is 0 Å². The lowest BCUT2D eigenvalue weighted by Crippen LogP contribution is -2.15. The number of nitrogens with zero attached hydrogens (tertiary/aromatic N) is 3. The van der Waals surface area contributed by atoms with E-state index in [0.29, 0.717) is 23.9 Å². The number of fused-ring (bicyclic) bond motifs is 1. The van der Waals surface area contributed by atoms with Gasteiger partial charge in [0.2, 0.25) is 0 Å². The summed E-state index contributed by atoms with van der Waals surface area (Å²) in [6, 6.07) is 1.86. The zero-order valence-corrected chi connectivity index (χ0v) is 11.8. The molecule has 0 bridgehead atoms. The molecule has 2 aromatic heterocycles.